The van der Waals surface area contributed by atoms with Gasteiger partial charge in [-0.2, -0.15) is 0 Å². The Morgan fingerprint density at radius 1 is 1.42 bits per heavy atom. The van der Waals surface area contributed by atoms with E-state index in [1.807, 2.05) is 31.2 Å². The van der Waals surface area contributed by atoms with Crippen LogP contribution in [-0.2, 0) is 9.59 Å². The van der Waals surface area contributed by atoms with E-state index >= 15 is 0 Å². The van der Waals surface area contributed by atoms with E-state index in [2.05, 4.69) is 4.98 Å². The number of benzene rings is 1. The molecule has 0 saturated carbocycles. The first-order valence-corrected chi connectivity index (χ1v) is 6.17. The largest absolute Gasteiger partial charge is 0.481 e. The third-order valence-electron chi connectivity index (χ3n) is 3.52. The molecule has 1 aliphatic rings. The van der Waals surface area contributed by atoms with Gasteiger partial charge in [-0.15, -0.1) is 0 Å². The summed E-state index contributed by atoms with van der Waals surface area (Å²) in [5.41, 5.74) is 2.84. The van der Waals surface area contributed by atoms with Crippen LogP contribution in [-0.4, -0.2) is 28.5 Å². The van der Waals surface area contributed by atoms with E-state index < -0.39 is 11.9 Å². The molecule has 0 bridgehead atoms. The van der Waals surface area contributed by atoms with Gasteiger partial charge in [-0.1, -0.05) is 0 Å². The number of fused-ring (bicyclic) bond motifs is 1. The number of nitrogens with zero attached hydrogens (tertiary/aromatic N) is 1. The Balaban J connectivity index is 1.95. The van der Waals surface area contributed by atoms with Gasteiger partial charge in [-0.05, 0) is 31.2 Å². The second-order valence-corrected chi connectivity index (χ2v) is 4.97. The highest BCUT2D eigenvalue weighted by molar-refractivity contribution is 6.00. The Morgan fingerprint density at radius 2 is 2.21 bits per heavy atom. The molecular formula is C14H14N2O3. The third kappa shape index (κ3) is 1.97. The maximum absolute atomic E-state index is 11.9. The van der Waals surface area contributed by atoms with Crippen molar-refractivity contribution in [2.75, 3.05) is 11.4 Å². The Kier molecular flexibility index (Phi) is 2.55. The molecule has 1 unspecified atom stereocenters. The monoisotopic (exact) mass is 258 g/mol. The summed E-state index contributed by atoms with van der Waals surface area (Å²) >= 11 is 0. The lowest BCUT2D eigenvalue weighted by atomic mass is 10.1. The molecule has 2 heterocycles. The Labute approximate surface area is 109 Å². The highest BCUT2D eigenvalue weighted by atomic mass is 16.4. The van der Waals surface area contributed by atoms with Gasteiger partial charge in [0.1, 0.15) is 0 Å². The van der Waals surface area contributed by atoms with Crippen LogP contribution < -0.4 is 4.90 Å². The molecule has 19 heavy (non-hydrogen) atoms. The van der Waals surface area contributed by atoms with Crippen molar-refractivity contribution in [2.45, 2.75) is 13.3 Å². The zero-order valence-corrected chi connectivity index (χ0v) is 10.5. The molecular weight excluding hydrogens is 244 g/mol. The van der Waals surface area contributed by atoms with E-state index in [1.165, 1.54) is 0 Å². The van der Waals surface area contributed by atoms with E-state index in [-0.39, 0.29) is 18.9 Å². The molecule has 3 rings (SSSR count). The van der Waals surface area contributed by atoms with Crippen molar-refractivity contribution < 1.29 is 14.7 Å². The number of amides is 1. The van der Waals surface area contributed by atoms with Crippen molar-refractivity contribution in [2.24, 2.45) is 5.92 Å². The van der Waals surface area contributed by atoms with Crippen LogP contribution >= 0.6 is 0 Å². The summed E-state index contributed by atoms with van der Waals surface area (Å²) in [7, 11) is 0. The second-order valence-electron chi connectivity index (χ2n) is 4.97. The highest BCUT2D eigenvalue weighted by Gasteiger charge is 2.35. The fourth-order valence-electron chi connectivity index (χ4n) is 2.56. The standard InChI is InChI=1S/C14H14N2O3/c1-8-4-9-5-11(2-3-12(9)15-8)16-7-10(14(18)19)6-13(16)17/h2-5,10,15H,6-7H2,1H3,(H,18,19). The van der Waals surface area contributed by atoms with Crippen LogP contribution in [0.1, 0.15) is 12.1 Å². The molecule has 1 saturated heterocycles. The number of carbonyl (C=O) groups is 2. The average Bonchev–Trinajstić information content (AvgIpc) is 2.90. The molecule has 1 fully saturated rings. The summed E-state index contributed by atoms with van der Waals surface area (Å²) in [5, 5.41) is 10.0. The molecule has 1 aliphatic heterocycles. The normalized spacial score (nSPS) is 19.3. The maximum atomic E-state index is 11.9. The van der Waals surface area contributed by atoms with Crippen molar-refractivity contribution in [3.63, 3.8) is 0 Å². The van der Waals surface area contributed by atoms with E-state index in [4.69, 9.17) is 5.11 Å². The Morgan fingerprint density at radius 3 is 2.89 bits per heavy atom. The van der Waals surface area contributed by atoms with Crippen LogP contribution in [0.25, 0.3) is 10.9 Å². The molecule has 98 valence electrons. The number of carboxylic acids is 1. The smallest absolute Gasteiger partial charge is 0.308 e. The van der Waals surface area contributed by atoms with Crippen LogP contribution in [0.5, 0.6) is 0 Å². The first kappa shape index (κ1) is 11.8. The zero-order chi connectivity index (χ0) is 13.6. The molecule has 0 radical (unpaired) electrons. The SMILES string of the molecule is Cc1cc2cc(N3CC(C(=O)O)CC3=O)ccc2[nH]1. The number of anilines is 1. The van der Waals surface area contributed by atoms with Crippen LogP contribution in [0.3, 0.4) is 0 Å². The fraction of sp³-hybridized carbons (Fsp3) is 0.286. The van der Waals surface area contributed by atoms with E-state index in [9.17, 15) is 9.59 Å². The van der Waals surface area contributed by atoms with Gasteiger partial charge in [-0.25, -0.2) is 0 Å². The number of carboxylic acid groups (broad SMARTS) is 1. The minimum absolute atomic E-state index is 0.0829. The minimum Gasteiger partial charge on any atom is -0.481 e. The lowest BCUT2D eigenvalue weighted by Gasteiger charge is -2.16. The van der Waals surface area contributed by atoms with Crippen molar-refractivity contribution in [1.82, 2.24) is 4.98 Å². The predicted octanol–water partition coefficient (Wildman–Crippen LogP) is 1.91. The van der Waals surface area contributed by atoms with Gasteiger partial charge in [0.2, 0.25) is 5.91 Å². The van der Waals surface area contributed by atoms with Gasteiger partial charge in [0, 0.05) is 35.2 Å². The molecule has 1 aromatic heterocycles. The van der Waals surface area contributed by atoms with Crippen molar-refractivity contribution in [3.8, 4) is 0 Å². The number of aliphatic carboxylic acids is 1. The van der Waals surface area contributed by atoms with Gasteiger partial charge in [-0.3, -0.25) is 9.59 Å². The molecule has 5 heteroatoms. The molecule has 1 amide bonds. The predicted molar refractivity (Wildman–Crippen MR) is 71.1 cm³/mol. The second kappa shape index (κ2) is 4.12. The van der Waals surface area contributed by atoms with Gasteiger partial charge in [0.05, 0.1) is 5.92 Å². The Hall–Kier alpha value is -2.30. The maximum Gasteiger partial charge on any atom is 0.308 e. The molecule has 5 nitrogen and oxygen atoms in total. The summed E-state index contributed by atoms with van der Waals surface area (Å²) < 4.78 is 0. The highest BCUT2D eigenvalue weighted by Crippen LogP contribution is 2.28. The third-order valence-corrected chi connectivity index (χ3v) is 3.52. The lowest BCUT2D eigenvalue weighted by Crippen LogP contribution is -2.25. The first-order valence-electron chi connectivity index (χ1n) is 6.17. The molecule has 2 aromatic rings. The van der Waals surface area contributed by atoms with Gasteiger partial charge < -0.3 is 15.0 Å². The average molecular weight is 258 g/mol. The van der Waals surface area contributed by atoms with Crippen molar-refractivity contribution >= 4 is 28.5 Å². The zero-order valence-electron chi connectivity index (χ0n) is 10.5. The Bertz CT molecular complexity index is 674. The molecule has 0 spiro atoms. The minimum atomic E-state index is -0.908. The van der Waals surface area contributed by atoms with Crippen LogP contribution in [0.15, 0.2) is 24.3 Å². The van der Waals surface area contributed by atoms with E-state index in [0.717, 1.165) is 22.3 Å². The number of aryl methyl sites for hydroxylation is 1. The van der Waals surface area contributed by atoms with Crippen LogP contribution in [0.2, 0.25) is 0 Å². The topological polar surface area (TPSA) is 73.4 Å². The van der Waals surface area contributed by atoms with Gasteiger partial charge >= 0.3 is 5.97 Å². The molecule has 1 atom stereocenters. The van der Waals surface area contributed by atoms with Crippen LogP contribution in [0, 0.1) is 12.8 Å². The molecule has 0 aliphatic carbocycles. The van der Waals surface area contributed by atoms with Gasteiger partial charge in [0.15, 0.2) is 0 Å². The number of hydrogen-bond acceptors (Lipinski definition) is 2. The van der Waals surface area contributed by atoms with Crippen molar-refractivity contribution in [3.05, 3.63) is 30.0 Å². The number of nitrogens with one attached hydrogen (secondary N) is 1. The lowest BCUT2D eigenvalue weighted by molar-refractivity contribution is -0.141. The van der Waals surface area contributed by atoms with Crippen molar-refractivity contribution in [1.29, 1.82) is 0 Å². The quantitative estimate of drug-likeness (QED) is 0.864. The van der Waals surface area contributed by atoms with Crippen LogP contribution in [0.4, 0.5) is 5.69 Å². The number of rotatable bonds is 2. The number of aromatic nitrogens is 1. The number of H-pyrrole nitrogens is 1. The number of aromatic amines is 1. The summed E-state index contributed by atoms with van der Waals surface area (Å²) in [6.45, 7) is 2.23. The summed E-state index contributed by atoms with van der Waals surface area (Å²) in [6.07, 6.45) is 0.0829. The number of carbonyl (C=O) groups excluding carboxylic acids is 1. The van der Waals surface area contributed by atoms with E-state index in [0.29, 0.717) is 0 Å². The summed E-state index contributed by atoms with van der Waals surface area (Å²) in [6, 6.07) is 7.69. The van der Waals surface area contributed by atoms with Gasteiger partial charge in [0.25, 0.3) is 0 Å². The molecule has 1 aromatic carbocycles. The molecule has 2 N–H and O–H groups in total. The summed E-state index contributed by atoms with van der Waals surface area (Å²) in [5.74, 6) is -1.63. The summed E-state index contributed by atoms with van der Waals surface area (Å²) in [4.78, 5) is 27.6. The fourth-order valence-corrected chi connectivity index (χ4v) is 2.56. The van der Waals surface area contributed by atoms with E-state index in [1.54, 1.807) is 4.90 Å². The first-order chi connectivity index (χ1) is 9.04. The number of hydrogen-bond donors (Lipinski definition) is 2.